The van der Waals surface area contributed by atoms with Crippen LogP contribution >= 0.6 is 11.6 Å². The lowest BCUT2D eigenvalue weighted by Gasteiger charge is -2.38. The number of rotatable bonds is 6. The summed E-state index contributed by atoms with van der Waals surface area (Å²) in [5.41, 5.74) is 1.84. The van der Waals surface area contributed by atoms with E-state index in [4.69, 9.17) is 16.3 Å². The molecule has 0 saturated carbocycles. The van der Waals surface area contributed by atoms with Crippen molar-refractivity contribution in [3.8, 4) is 5.75 Å². The van der Waals surface area contributed by atoms with Gasteiger partial charge in [0.1, 0.15) is 5.75 Å². The highest BCUT2D eigenvalue weighted by atomic mass is 35.5. The molecule has 0 aliphatic carbocycles. The van der Waals surface area contributed by atoms with Gasteiger partial charge in [0.15, 0.2) is 0 Å². The second-order valence-electron chi connectivity index (χ2n) is 7.33. The van der Waals surface area contributed by atoms with Gasteiger partial charge in [-0.3, -0.25) is 9.69 Å². The molecule has 0 spiro atoms. The Morgan fingerprint density at radius 2 is 1.93 bits per heavy atom. The summed E-state index contributed by atoms with van der Waals surface area (Å²) in [6.45, 7) is 6.12. The van der Waals surface area contributed by atoms with E-state index in [1.807, 2.05) is 31.2 Å². The molecule has 0 bridgehead atoms. The van der Waals surface area contributed by atoms with Crippen LogP contribution < -0.4 is 5.56 Å². The minimum absolute atomic E-state index is 0.0278. The number of aryl methyl sites for hydroxylation is 1. The zero-order valence-electron chi connectivity index (χ0n) is 16.7. The standard InChI is InChI=1S/C21H28ClN3O3/c1-15-13-18(26)19(21(27)25(15)11-12-28-3)20(16-5-4-6-17(22)14-16)24-9-7-23(2)8-10-24/h4-6,13-14,20,26H,7-12H2,1-3H3. The van der Waals surface area contributed by atoms with E-state index in [9.17, 15) is 9.90 Å². The highest BCUT2D eigenvalue weighted by Crippen LogP contribution is 2.34. The molecule has 1 aliphatic heterocycles. The van der Waals surface area contributed by atoms with E-state index >= 15 is 0 Å². The topological polar surface area (TPSA) is 57.9 Å². The molecule has 152 valence electrons. The van der Waals surface area contributed by atoms with Crippen molar-refractivity contribution in [2.45, 2.75) is 19.5 Å². The zero-order valence-corrected chi connectivity index (χ0v) is 17.4. The fourth-order valence-electron chi connectivity index (χ4n) is 3.80. The zero-order chi connectivity index (χ0) is 20.3. The van der Waals surface area contributed by atoms with Crippen molar-refractivity contribution < 1.29 is 9.84 Å². The van der Waals surface area contributed by atoms with Crippen LogP contribution in [0.3, 0.4) is 0 Å². The van der Waals surface area contributed by atoms with Crippen LogP contribution in [-0.2, 0) is 11.3 Å². The van der Waals surface area contributed by atoms with Crippen molar-refractivity contribution in [1.82, 2.24) is 14.4 Å². The van der Waals surface area contributed by atoms with Gasteiger partial charge in [0, 0.05) is 50.6 Å². The van der Waals surface area contributed by atoms with E-state index in [2.05, 4.69) is 16.8 Å². The molecule has 1 aromatic carbocycles. The smallest absolute Gasteiger partial charge is 0.259 e. The number of benzene rings is 1. The van der Waals surface area contributed by atoms with Crippen molar-refractivity contribution in [1.29, 1.82) is 0 Å². The van der Waals surface area contributed by atoms with Gasteiger partial charge in [-0.05, 0) is 37.7 Å². The normalized spacial score (nSPS) is 17.0. The van der Waals surface area contributed by atoms with E-state index < -0.39 is 0 Å². The number of nitrogens with zero attached hydrogens (tertiary/aromatic N) is 3. The molecular weight excluding hydrogens is 378 g/mol. The first-order chi connectivity index (χ1) is 13.4. The Balaban J connectivity index is 2.13. The van der Waals surface area contributed by atoms with Gasteiger partial charge >= 0.3 is 0 Å². The largest absolute Gasteiger partial charge is 0.507 e. The maximum absolute atomic E-state index is 13.4. The van der Waals surface area contributed by atoms with Crippen molar-refractivity contribution in [3.05, 3.63) is 62.5 Å². The third-order valence-electron chi connectivity index (χ3n) is 5.38. The van der Waals surface area contributed by atoms with Crippen LogP contribution in [0.15, 0.2) is 35.1 Å². The van der Waals surface area contributed by atoms with Gasteiger partial charge in [-0.15, -0.1) is 0 Å². The molecule has 1 fully saturated rings. The summed E-state index contributed by atoms with van der Waals surface area (Å²) in [5.74, 6) is 0.0278. The predicted molar refractivity (Wildman–Crippen MR) is 111 cm³/mol. The fourth-order valence-corrected chi connectivity index (χ4v) is 4.00. The van der Waals surface area contributed by atoms with Gasteiger partial charge in [0.2, 0.25) is 0 Å². The molecular formula is C21H28ClN3O3. The number of hydrogen-bond donors (Lipinski definition) is 1. The molecule has 28 heavy (non-hydrogen) atoms. The first kappa shape index (κ1) is 20.9. The Morgan fingerprint density at radius 1 is 1.21 bits per heavy atom. The van der Waals surface area contributed by atoms with Gasteiger partial charge < -0.3 is 19.3 Å². The number of piperazine rings is 1. The van der Waals surface area contributed by atoms with Gasteiger partial charge in [-0.1, -0.05) is 23.7 Å². The highest BCUT2D eigenvalue weighted by molar-refractivity contribution is 6.30. The van der Waals surface area contributed by atoms with Gasteiger partial charge in [0.05, 0.1) is 18.2 Å². The molecule has 1 atom stereocenters. The quantitative estimate of drug-likeness (QED) is 0.800. The maximum Gasteiger partial charge on any atom is 0.259 e. The molecule has 3 rings (SSSR count). The number of hydrogen-bond acceptors (Lipinski definition) is 5. The fraction of sp³-hybridized carbons (Fsp3) is 0.476. The van der Waals surface area contributed by atoms with Gasteiger partial charge in [-0.2, -0.15) is 0 Å². The van der Waals surface area contributed by atoms with Crippen LogP contribution in [0.1, 0.15) is 22.9 Å². The lowest BCUT2D eigenvalue weighted by molar-refractivity contribution is 0.125. The van der Waals surface area contributed by atoms with Crippen LogP contribution in [0.4, 0.5) is 0 Å². The summed E-state index contributed by atoms with van der Waals surface area (Å²) >= 11 is 6.25. The van der Waals surface area contributed by atoms with Crippen LogP contribution in [0.2, 0.25) is 5.02 Å². The van der Waals surface area contributed by atoms with E-state index in [-0.39, 0.29) is 17.4 Å². The SMILES string of the molecule is COCCn1c(C)cc(O)c(C(c2cccc(Cl)c2)N2CCN(C)CC2)c1=O. The predicted octanol–water partition coefficient (Wildman–Crippen LogP) is 2.50. The molecule has 0 radical (unpaired) electrons. The molecule has 7 heteroatoms. The Labute approximate surface area is 170 Å². The maximum atomic E-state index is 13.4. The molecule has 2 aromatic rings. The Bertz CT molecular complexity index is 876. The monoisotopic (exact) mass is 405 g/mol. The lowest BCUT2D eigenvalue weighted by atomic mass is 9.96. The molecule has 0 amide bonds. The van der Waals surface area contributed by atoms with Gasteiger partial charge in [0.25, 0.3) is 5.56 Å². The van der Waals surface area contributed by atoms with E-state index in [1.54, 1.807) is 17.7 Å². The van der Waals surface area contributed by atoms with Crippen molar-refractivity contribution >= 4 is 11.6 Å². The Hall–Kier alpha value is -1.86. The molecule has 1 aromatic heterocycles. The minimum Gasteiger partial charge on any atom is -0.507 e. The second kappa shape index (κ2) is 9.09. The molecule has 1 unspecified atom stereocenters. The Morgan fingerprint density at radius 3 is 2.57 bits per heavy atom. The average molecular weight is 406 g/mol. The van der Waals surface area contributed by atoms with Gasteiger partial charge in [-0.25, -0.2) is 0 Å². The van der Waals surface area contributed by atoms with Crippen molar-refractivity contribution in [2.24, 2.45) is 0 Å². The van der Waals surface area contributed by atoms with Crippen LogP contribution in [0.5, 0.6) is 5.75 Å². The first-order valence-electron chi connectivity index (χ1n) is 9.52. The third-order valence-corrected chi connectivity index (χ3v) is 5.62. The van der Waals surface area contributed by atoms with Crippen LogP contribution in [-0.4, -0.2) is 66.4 Å². The summed E-state index contributed by atoms with van der Waals surface area (Å²) in [6.07, 6.45) is 0. The third kappa shape index (κ3) is 4.41. The molecule has 1 N–H and O–H groups in total. The summed E-state index contributed by atoms with van der Waals surface area (Å²) in [4.78, 5) is 17.9. The molecule has 6 nitrogen and oxygen atoms in total. The average Bonchev–Trinajstić information content (AvgIpc) is 2.66. The molecule has 1 aliphatic rings. The number of pyridine rings is 1. The summed E-state index contributed by atoms with van der Waals surface area (Å²) in [5, 5.41) is 11.4. The Kier molecular flexibility index (Phi) is 6.78. The van der Waals surface area contributed by atoms with E-state index in [0.717, 1.165) is 31.7 Å². The van der Waals surface area contributed by atoms with Crippen LogP contribution in [0, 0.1) is 6.92 Å². The molecule has 1 saturated heterocycles. The number of likely N-dealkylation sites (N-methyl/N-ethyl adjacent to an activating group) is 1. The number of ether oxygens (including phenoxy) is 1. The van der Waals surface area contributed by atoms with E-state index in [1.165, 1.54) is 0 Å². The lowest BCUT2D eigenvalue weighted by Crippen LogP contribution is -2.47. The van der Waals surface area contributed by atoms with Crippen LogP contribution in [0.25, 0.3) is 0 Å². The number of halogens is 1. The first-order valence-corrected chi connectivity index (χ1v) is 9.90. The summed E-state index contributed by atoms with van der Waals surface area (Å²) < 4.78 is 6.83. The number of aromatic hydroxyl groups is 1. The summed E-state index contributed by atoms with van der Waals surface area (Å²) in [7, 11) is 3.70. The second-order valence-corrected chi connectivity index (χ2v) is 7.77. The number of methoxy groups -OCH3 is 1. The summed E-state index contributed by atoms with van der Waals surface area (Å²) in [6, 6.07) is 8.86. The minimum atomic E-state index is -0.353. The van der Waals surface area contributed by atoms with Crippen molar-refractivity contribution in [3.63, 3.8) is 0 Å². The number of aromatic nitrogens is 1. The molecule has 2 heterocycles. The highest BCUT2D eigenvalue weighted by Gasteiger charge is 2.31. The van der Waals surface area contributed by atoms with Crippen molar-refractivity contribution in [2.75, 3.05) is 46.9 Å². The van der Waals surface area contributed by atoms with E-state index in [0.29, 0.717) is 29.4 Å².